The molecule has 0 saturated carbocycles. The van der Waals surface area contributed by atoms with Gasteiger partial charge in [0.15, 0.2) is 0 Å². The highest BCUT2D eigenvalue weighted by Gasteiger charge is 2.30. The van der Waals surface area contributed by atoms with Crippen molar-refractivity contribution in [2.24, 2.45) is 5.10 Å². The van der Waals surface area contributed by atoms with E-state index in [-0.39, 0.29) is 10.6 Å². The van der Waals surface area contributed by atoms with Crippen LogP contribution in [-0.4, -0.2) is 20.7 Å². The maximum Gasteiger partial charge on any atom is 0.264 e. The molecule has 0 saturated heterocycles. The van der Waals surface area contributed by atoms with Gasteiger partial charge in [0.25, 0.3) is 10.0 Å². The largest absolute Gasteiger partial charge is 0.277 e. The van der Waals surface area contributed by atoms with Crippen molar-refractivity contribution in [2.75, 3.05) is 16.3 Å². The first-order valence-corrected chi connectivity index (χ1v) is 8.85. The first-order valence-electron chi connectivity index (χ1n) is 7.41. The normalized spacial score (nSPS) is 12.6. The molecule has 8 heteroatoms. The zero-order valence-electron chi connectivity index (χ0n) is 13.0. The molecule has 0 amide bonds. The van der Waals surface area contributed by atoms with Gasteiger partial charge in [0.2, 0.25) is 5.71 Å². The number of sulfonamides is 1. The first kappa shape index (κ1) is 16.5. The van der Waals surface area contributed by atoms with Gasteiger partial charge in [0, 0.05) is 6.54 Å². The third-order valence-corrected chi connectivity index (χ3v) is 5.62. The molecule has 25 heavy (non-hydrogen) atoms. The van der Waals surface area contributed by atoms with Crippen molar-refractivity contribution in [3.05, 3.63) is 54.1 Å². The van der Waals surface area contributed by atoms with Crippen LogP contribution in [0.4, 0.5) is 11.4 Å². The quantitative estimate of drug-likeness (QED) is 0.671. The molecule has 0 radical (unpaired) electrons. The van der Waals surface area contributed by atoms with Crippen LogP contribution in [0.1, 0.15) is 5.56 Å². The lowest BCUT2D eigenvalue weighted by Crippen LogP contribution is -2.29. The number of nitrogens with one attached hydrogen (secondary N) is 1. The number of hydrogen-bond acceptors (Lipinski definition) is 6. The van der Waals surface area contributed by atoms with Gasteiger partial charge in [0.1, 0.15) is 12.1 Å². The van der Waals surface area contributed by atoms with Crippen LogP contribution in [0.2, 0.25) is 0 Å². The summed E-state index contributed by atoms with van der Waals surface area (Å²) >= 11 is 0. The Balaban J connectivity index is 1.84. The molecule has 124 valence electrons. The Morgan fingerprint density at radius 2 is 1.76 bits per heavy atom. The SMILES string of the molecule is N#CC(C#N)=NNc1ccc(S(=O)(=O)N2CCc3ccccc32)cc1. The molecule has 0 aromatic heterocycles. The summed E-state index contributed by atoms with van der Waals surface area (Å²) in [5.41, 5.74) is 4.43. The van der Waals surface area contributed by atoms with Crippen LogP contribution < -0.4 is 9.73 Å². The Morgan fingerprint density at radius 1 is 1.08 bits per heavy atom. The standard InChI is InChI=1S/C17H13N5O2S/c18-11-15(12-19)21-20-14-5-7-16(8-6-14)25(23,24)22-10-9-13-3-1-2-4-17(13)22/h1-8,20H,9-10H2. The van der Waals surface area contributed by atoms with Gasteiger partial charge >= 0.3 is 0 Å². The molecule has 0 bridgehead atoms. The van der Waals surface area contributed by atoms with E-state index in [1.807, 2.05) is 18.2 Å². The number of fused-ring (bicyclic) bond motifs is 1. The van der Waals surface area contributed by atoms with Gasteiger partial charge in [-0.3, -0.25) is 9.73 Å². The van der Waals surface area contributed by atoms with E-state index in [4.69, 9.17) is 10.5 Å². The minimum absolute atomic E-state index is 0.166. The number of hydrazone groups is 1. The molecular weight excluding hydrogens is 338 g/mol. The van der Waals surface area contributed by atoms with Crippen molar-refractivity contribution >= 4 is 27.1 Å². The average molecular weight is 351 g/mol. The fourth-order valence-electron chi connectivity index (χ4n) is 2.58. The van der Waals surface area contributed by atoms with E-state index in [1.54, 1.807) is 18.2 Å². The van der Waals surface area contributed by atoms with Gasteiger partial charge in [-0.05, 0) is 42.3 Å². The first-order chi connectivity index (χ1) is 12.1. The topological polar surface area (TPSA) is 109 Å². The Bertz CT molecular complexity index is 998. The van der Waals surface area contributed by atoms with Gasteiger partial charge in [-0.2, -0.15) is 15.6 Å². The molecular formula is C17H13N5O2S. The van der Waals surface area contributed by atoms with E-state index in [0.29, 0.717) is 24.3 Å². The zero-order valence-corrected chi connectivity index (χ0v) is 13.9. The molecule has 7 nitrogen and oxygen atoms in total. The average Bonchev–Trinajstić information content (AvgIpc) is 3.08. The van der Waals surface area contributed by atoms with E-state index in [9.17, 15) is 8.42 Å². The summed E-state index contributed by atoms with van der Waals surface area (Å²) in [6.45, 7) is 0.416. The number of rotatable bonds is 4. The monoisotopic (exact) mass is 351 g/mol. The van der Waals surface area contributed by atoms with Gasteiger partial charge < -0.3 is 0 Å². The van der Waals surface area contributed by atoms with E-state index < -0.39 is 10.0 Å². The van der Waals surface area contributed by atoms with Crippen LogP contribution >= 0.6 is 0 Å². The molecule has 3 rings (SSSR count). The van der Waals surface area contributed by atoms with E-state index in [2.05, 4.69) is 10.5 Å². The molecule has 1 aliphatic heterocycles. The number of hydrogen-bond donors (Lipinski definition) is 1. The van der Waals surface area contributed by atoms with Crippen molar-refractivity contribution in [1.82, 2.24) is 0 Å². The minimum atomic E-state index is -3.64. The van der Waals surface area contributed by atoms with Gasteiger partial charge in [-0.1, -0.05) is 18.2 Å². The summed E-state index contributed by atoms with van der Waals surface area (Å²) in [5.74, 6) is 0. The summed E-state index contributed by atoms with van der Waals surface area (Å²) in [4.78, 5) is 0.166. The van der Waals surface area contributed by atoms with E-state index in [1.165, 1.54) is 28.6 Å². The maximum absolute atomic E-state index is 12.9. The fourth-order valence-corrected chi connectivity index (χ4v) is 4.08. The highest BCUT2D eigenvalue weighted by atomic mass is 32.2. The minimum Gasteiger partial charge on any atom is -0.277 e. The second-order valence-corrected chi connectivity index (χ2v) is 7.14. The number of nitriles is 2. The van der Waals surface area contributed by atoms with Crippen LogP contribution in [0.5, 0.6) is 0 Å². The lowest BCUT2D eigenvalue weighted by molar-refractivity contribution is 0.592. The van der Waals surface area contributed by atoms with Crippen molar-refractivity contribution in [3.63, 3.8) is 0 Å². The molecule has 0 aliphatic carbocycles. The summed E-state index contributed by atoms with van der Waals surface area (Å²) in [7, 11) is -3.64. The molecule has 2 aromatic carbocycles. The zero-order chi connectivity index (χ0) is 17.9. The Hall–Kier alpha value is -3.36. The molecule has 0 atom stereocenters. The second-order valence-electron chi connectivity index (χ2n) is 5.28. The highest BCUT2D eigenvalue weighted by molar-refractivity contribution is 7.92. The van der Waals surface area contributed by atoms with Crippen LogP contribution in [0.3, 0.4) is 0 Å². The fraction of sp³-hybridized carbons (Fsp3) is 0.118. The number of anilines is 2. The Labute approximate surface area is 145 Å². The van der Waals surface area contributed by atoms with E-state index >= 15 is 0 Å². The lowest BCUT2D eigenvalue weighted by Gasteiger charge is -2.19. The van der Waals surface area contributed by atoms with E-state index in [0.717, 1.165) is 5.56 Å². The lowest BCUT2D eigenvalue weighted by atomic mass is 10.2. The third-order valence-electron chi connectivity index (χ3n) is 3.80. The molecule has 0 fully saturated rings. The number of nitrogens with zero attached hydrogens (tertiary/aromatic N) is 4. The highest BCUT2D eigenvalue weighted by Crippen LogP contribution is 2.32. The van der Waals surface area contributed by atoms with Crippen molar-refractivity contribution < 1.29 is 8.42 Å². The summed E-state index contributed by atoms with van der Waals surface area (Å²) in [5, 5.41) is 20.9. The molecule has 1 N–H and O–H groups in total. The number of para-hydroxylation sites is 1. The predicted octanol–water partition coefficient (Wildman–Crippen LogP) is 2.25. The summed E-state index contributed by atoms with van der Waals surface area (Å²) in [6, 6.07) is 16.7. The molecule has 1 aliphatic rings. The Morgan fingerprint density at radius 3 is 2.44 bits per heavy atom. The van der Waals surface area contributed by atoms with Crippen LogP contribution in [-0.2, 0) is 16.4 Å². The third kappa shape index (κ3) is 3.16. The van der Waals surface area contributed by atoms with Crippen molar-refractivity contribution in [2.45, 2.75) is 11.3 Å². The van der Waals surface area contributed by atoms with Crippen LogP contribution in [0.15, 0.2) is 58.5 Å². The summed E-state index contributed by atoms with van der Waals surface area (Å²) in [6.07, 6.45) is 0.689. The maximum atomic E-state index is 12.9. The van der Waals surface area contributed by atoms with Gasteiger partial charge in [-0.15, -0.1) is 0 Å². The second kappa shape index (κ2) is 6.63. The summed E-state index contributed by atoms with van der Waals surface area (Å²) < 4.78 is 27.1. The Kier molecular flexibility index (Phi) is 4.38. The van der Waals surface area contributed by atoms with Gasteiger partial charge in [0.05, 0.1) is 16.3 Å². The predicted molar refractivity (Wildman–Crippen MR) is 93.4 cm³/mol. The van der Waals surface area contributed by atoms with Crippen molar-refractivity contribution in [1.29, 1.82) is 10.5 Å². The molecule has 0 unspecified atom stereocenters. The van der Waals surface area contributed by atoms with Crippen molar-refractivity contribution in [3.8, 4) is 12.1 Å². The molecule has 1 heterocycles. The van der Waals surface area contributed by atoms with Gasteiger partial charge in [-0.25, -0.2) is 8.42 Å². The van der Waals surface area contributed by atoms with Crippen LogP contribution in [0, 0.1) is 22.7 Å². The molecule has 2 aromatic rings. The molecule has 0 spiro atoms. The van der Waals surface area contributed by atoms with Crippen LogP contribution in [0.25, 0.3) is 0 Å². The smallest absolute Gasteiger partial charge is 0.264 e. The number of benzene rings is 2.